The maximum atomic E-state index is 12.9. The average molecular weight is 1490 g/mol. The van der Waals surface area contributed by atoms with E-state index in [-0.39, 0.29) is 213 Å². The molecule has 12 aliphatic carbocycles. The van der Waals surface area contributed by atoms with E-state index in [1.165, 1.54) is 6.42 Å². The third kappa shape index (κ3) is 23.7. The molecule has 8 bridgehead atoms. The first kappa shape index (κ1) is 98.8. The van der Waals surface area contributed by atoms with E-state index in [1.807, 2.05) is 69.2 Å². The van der Waals surface area contributed by atoms with Crippen molar-refractivity contribution < 1.29 is 76.3 Å². The molecular weight excluding hydrogens is 1320 g/mol. The van der Waals surface area contributed by atoms with Gasteiger partial charge in [-0.05, 0) is 284 Å². The topological polar surface area (TPSA) is 210 Å². The third-order valence-corrected chi connectivity index (χ3v) is 27.4. The van der Waals surface area contributed by atoms with Crippen LogP contribution in [0.4, 0.5) is 0 Å². The first-order valence-electron chi connectivity index (χ1n) is 39.7. The zero-order chi connectivity index (χ0) is 70.4. The van der Waals surface area contributed by atoms with Gasteiger partial charge in [-0.15, -0.1) is 0 Å². The van der Waals surface area contributed by atoms with Gasteiger partial charge >= 0.3 is 47.8 Å². The van der Waals surface area contributed by atoms with Crippen LogP contribution in [0.3, 0.4) is 0 Å². The van der Waals surface area contributed by atoms with Crippen LogP contribution >= 0.6 is 0 Å². The zero-order valence-electron chi connectivity index (χ0n) is 62.7. The highest BCUT2D eigenvalue weighted by atomic mass is 16.6. The van der Waals surface area contributed by atoms with Crippen LogP contribution < -0.4 is 0 Å². The summed E-state index contributed by atoms with van der Waals surface area (Å²) in [7, 11) is 0. The monoisotopic (exact) mass is 1490 g/mol. The van der Waals surface area contributed by atoms with Crippen molar-refractivity contribution in [2.75, 3.05) is 0 Å². The van der Waals surface area contributed by atoms with E-state index < -0.39 is 10.8 Å². The molecule has 0 N–H and O–H groups in total. The summed E-state index contributed by atoms with van der Waals surface area (Å²) in [5, 5.41) is 0. The highest BCUT2D eigenvalue weighted by molar-refractivity contribution is 5.79. The maximum Gasteiger partial charge on any atom is 0.311 e. The Morgan fingerprint density at radius 1 is 0.333 bits per heavy atom. The SMILES string of the molecule is C.C.C.C.C.C.C.C.CCC(C)(C)C(=O)OC1CC2CC(C(=O)OC3(C)CCCC3)C1C2.CCC(C)C(=O)OC1CC2CC(C(=O)OC3(C)CCCC3)C1C2.CCC(C)C(=O)OC1CC2CC(C(=O)OC3(CC)CCCCC3)C1C2.CCC1(OC(=O)C2CC3CC(OC(=O)C(C)(C)CC)C2C3)CCCC1. The summed E-state index contributed by atoms with van der Waals surface area (Å²) in [6, 6.07) is 0. The summed E-state index contributed by atoms with van der Waals surface area (Å²) in [5.74, 6) is 1.65. The van der Waals surface area contributed by atoms with Crippen molar-refractivity contribution in [1.82, 2.24) is 0 Å². The van der Waals surface area contributed by atoms with Crippen LogP contribution in [-0.2, 0) is 76.3 Å². The van der Waals surface area contributed by atoms with Crippen LogP contribution in [0.1, 0.15) is 381 Å². The molecule has 18 unspecified atom stereocenters. The van der Waals surface area contributed by atoms with Crippen LogP contribution in [-0.4, -0.2) is 94.6 Å². The zero-order valence-corrected chi connectivity index (χ0v) is 62.7. The first-order chi connectivity index (χ1) is 45.9. The van der Waals surface area contributed by atoms with Gasteiger partial charge in [-0.1, -0.05) is 121 Å². The quantitative estimate of drug-likeness (QED) is 0.0729. The summed E-state index contributed by atoms with van der Waals surface area (Å²) >= 11 is 0. The van der Waals surface area contributed by atoms with Gasteiger partial charge in [0.15, 0.2) is 0 Å². The third-order valence-electron chi connectivity index (χ3n) is 27.4. The molecule has 16 heteroatoms. The van der Waals surface area contributed by atoms with Crippen molar-refractivity contribution in [3.63, 3.8) is 0 Å². The van der Waals surface area contributed by atoms with Gasteiger partial charge in [-0.2, -0.15) is 0 Å². The van der Waals surface area contributed by atoms with E-state index in [0.717, 1.165) is 218 Å². The van der Waals surface area contributed by atoms with Crippen LogP contribution in [0.15, 0.2) is 0 Å². The molecule has 0 aromatic rings. The van der Waals surface area contributed by atoms with Gasteiger partial charge in [-0.25, -0.2) is 0 Å². The Balaban J connectivity index is 0.000000683. The normalized spacial score (nSPS) is 31.9. The minimum absolute atomic E-state index is 0. The summed E-state index contributed by atoms with van der Waals surface area (Å²) < 4.78 is 47.1. The number of ether oxygens (including phenoxy) is 8. The lowest BCUT2D eigenvalue weighted by atomic mass is 9.82. The molecule has 12 fully saturated rings. The van der Waals surface area contributed by atoms with Crippen molar-refractivity contribution in [2.24, 2.45) is 93.7 Å². The molecule has 18 atom stereocenters. The van der Waals surface area contributed by atoms with Crippen LogP contribution in [0, 0.1) is 93.7 Å². The number of hydrogen-bond donors (Lipinski definition) is 0. The van der Waals surface area contributed by atoms with Gasteiger partial charge in [0.25, 0.3) is 0 Å². The summed E-state index contributed by atoms with van der Waals surface area (Å²) in [6.07, 6.45) is 34.3. The molecule has 0 saturated heterocycles. The Morgan fingerprint density at radius 3 is 0.810 bits per heavy atom. The van der Waals surface area contributed by atoms with E-state index in [4.69, 9.17) is 37.9 Å². The lowest BCUT2D eigenvalue weighted by Crippen LogP contribution is -2.41. The molecule has 0 aromatic heterocycles. The summed E-state index contributed by atoms with van der Waals surface area (Å²) in [4.78, 5) is 100. The predicted molar refractivity (Wildman–Crippen MR) is 423 cm³/mol. The Labute approximate surface area is 642 Å². The molecule has 0 heterocycles. The molecule has 0 radical (unpaired) electrons. The fourth-order valence-corrected chi connectivity index (χ4v) is 19.5. The lowest BCUT2D eigenvalue weighted by molar-refractivity contribution is -0.176. The fraction of sp³-hybridized carbons (Fsp3) is 0.910. The minimum Gasteiger partial charge on any atom is -0.462 e. The standard InChI is InChI=1S/2C21H34O4.C20H32O4.C19H30O4.8CH4/c1-5-20(3,4)19(23)24-17-13-14-11-15(17)16(12-14)18(22)25-21(6-2)9-7-8-10-21;1-4-14(3)19(22)24-18-13-15-11-16(18)17(12-15)20(23)25-21(5-2)9-7-6-8-10-21;1-5-19(2,3)18(22)23-16-12-13-10-14(16)15(11-13)17(21)24-20(4)8-6-7-9-20;1-4-12(2)17(20)22-16-11-13-9-14(16)15(10-13)18(21)23-19(3)7-5-6-8-19;;;;;;;;/h14-17H,5-13H2,1-4H3;14-18H,4-13H2,1-3H3;13-16H,5-12H2,1-4H3;12-16H,4-11H2,1-3H3;8*1H4. The number of fused-ring (bicyclic) bond motifs is 8. The van der Waals surface area contributed by atoms with Crippen molar-refractivity contribution in [3.05, 3.63) is 0 Å². The Kier molecular flexibility index (Phi) is 39.2. The Morgan fingerprint density at radius 2 is 0.571 bits per heavy atom. The lowest BCUT2D eigenvalue weighted by Gasteiger charge is -2.38. The number of rotatable bonds is 22. The second-order valence-electron chi connectivity index (χ2n) is 35.1. The number of esters is 8. The molecule has 0 amide bonds. The molecule has 12 aliphatic rings. The van der Waals surface area contributed by atoms with Gasteiger partial charge in [-0.3, -0.25) is 38.4 Å². The highest BCUT2D eigenvalue weighted by Gasteiger charge is 2.57. The van der Waals surface area contributed by atoms with E-state index in [2.05, 4.69) is 27.7 Å². The van der Waals surface area contributed by atoms with Gasteiger partial charge in [0, 0.05) is 23.7 Å². The summed E-state index contributed by atoms with van der Waals surface area (Å²) in [6.45, 7) is 27.9. The van der Waals surface area contributed by atoms with Gasteiger partial charge in [0.05, 0.1) is 46.3 Å². The van der Waals surface area contributed by atoms with E-state index in [0.29, 0.717) is 23.7 Å². The van der Waals surface area contributed by atoms with Crippen LogP contribution in [0.25, 0.3) is 0 Å². The van der Waals surface area contributed by atoms with E-state index in [9.17, 15) is 38.4 Å². The molecule has 12 saturated carbocycles. The summed E-state index contributed by atoms with van der Waals surface area (Å²) in [5.41, 5.74) is -1.89. The van der Waals surface area contributed by atoms with Crippen LogP contribution in [0.5, 0.6) is 0 Å². The highest BCUT2D eigenvalue weighted by Crippen LogP contribution is 2.56. The van der Waals surface area contributed by atoms with Crippen molar-refractivity contribution in [2.45, 2.75) is 428 Å². The molecule has 614 valence electrons. The molecule has 12 rings (SSSR count). The largest absolute Gasteiger partial charge is 0.462 e. The fourth-order valence-electron chi connectivity index (χ4n) is 19.5. The molecule has 105 heavy (non-hydrogen) atoms. The molecule has 16 nitrogen and oxygen atoms in total. The van der Waals surface area contributed by atoms with Crippen molar-refractivity contribution in [1.29, 1.82) is 0 Å². The van der Waals surface area contributed by atoms with Gasteiger partial charge in [0.1, 0.15) is 46.8 Å². The molecular formula is C89H162O16. The predicted octanol–water partition coefficient (Wildman–Crippen LogP) is 22.5. The van der Waals surface area contributed by atoms with E-state index in [1.54, 1.807) is 0 Å². The Hall–Kier alpha value is -4.24. The van der Waals surface area contributed by atoms with Crippen LogP contribution in [0.2, 0.25) is 0 Å². The molecule has 0 aromatic carbocycles. The first-order valence-corrected chi connectivity index (χ1v) is 39.7. The van der Waals surface area contributed by atoms with Crippen molar-refractivity contribution in [3.8, 4) is 0 Å². The average Bonchev–Trinajstić information content (AvgIpc) is 1.62. The maximum absolute atomic E-state index is 12.9. The second kappa shape index (κ2) is 41.7. The Bertz CT molecular complexity index is 2710. The number of hydrogen-bond acceptors (Lipinski definition) is 16. The minimum atomic E-state index is -0.450. The van der Waals surface area contributed by atoms with Gasteiger partial charge < -0.3 is 37.9 Å². The van der Waals surface area contributed by atoms with Crippen molar-refractivity contribution >= 4 is 47.8 Å². The van der Waals surface area contributed by atoms with Gasteiger partial charge in [0.2, 0.25) is 0 Å². The van der Waals surface area contributed by atoms with E-state index >= 15 is 0 Å². The number of carbonyl (C=O) groups excluding carboxylic acids is 8. The smallest absolute Gasteiger partial charge is 0.311 e. The molecule has 0 spiro atoms. The molecule has 0 aliphatic heterocycles. The number of carbonyl (C=O) groups is 8. The second-order valence-corrected chi connectivity index (χ2v) is 35.1.